The van der Waals surface area contributed by atoms with E-state index in [0.717, 1.165) is 5.75 Å². The molecule has 0 aromatic heterocycles. The van der Waals surface area contributed by atoms with Gasteiger partial charge >= 0.3 is 5.97 Å². The molecule has 100 valence electrons. The molecule has 1 unspecified atom stereocenters. The number of hydrogen-bond donors (Lipinski definition) is 1. The zero-order valence-electron chi connectivity index (χ0n) is 10.9. The van der Waals surface area contributed by atoms with E-state index in [2.05, 4.69) is 10.1 Å². The molecule has 5 nitrogen and oxygen atoms in total. The van der Waals surface area contributed by atoms with E-state index in [4.69, 9.17) is 9.47 Å². The van der Waals surface area contributed by atoms with Gasteiger partial charge in [-0.05, 0) is 26.1 Å². The van der Waals surface area contributed by atoms with Crippen LogP contribution in [0.2, 0.25) is 0 Å². The molecule has 0 amide bonds. The first kappa shape index (κ1) is 14.3. The van der Waals surface area contributed by atoms with Crippen LogP contribution >= 0.6 is 0 Å². The van der Waals surface area contributed by atoms with Gasteiger partial charge in [0, 0.05) is 6.07 Å². The highest BCUT2D eigenvalue weighted by molar-refractivity contribution is 5.75. The van der Waals surface area contributed by atoms with E-state index < -0.39 is 6.04 Å². The maximum atomic E-state index is 11.3. The highest BCUT2D eigenvalue weighted by Gasteiger charge is 2.17. The minimum absolute atomic E-state index is 0.207. The quantitative estimate of drug-likeness (QED) is 0.741. The SMILES string of the molecule is CCOc1cccc(OCC(NC)C(=O)OC)c1. The van der Waals surface area contributed by atoms with Crippen molar-refractivity contribution in [3.8, 4) is 11.5 Å². The summed E-state index contributed by atoms with van der Waals surface area (Å²) in [5, 5.41) is 2.83. The third-order valence-corrected chi connectivity index (χ3v) is 2.37. The van der Waals surface area contributed by atoms with Crippen molar-refractivity contribution in [1.29, 1.82) is 0 Å². The van der Waals surface area contributed by atoms with E-state index in [0.29, 0.717) is 12.4 Å². The van der Waals surface area contributed by atoms with E-state index in [9.17, 15) is 4.79 Å². The number of benzene rings is 1. The lowest BCUT2D eigenvalue weighted by atomic mass is 10.3. The number of carbonyl (C=O) groups is 1. The summed E-state index contributed by atoms with van der Waals surface area (Å²) in [5.41, 5.74) is 0. The summed E-state index contributed by atoms with van der Waals surface area (Å²) in [6, 6.07) is 6.81. The van der Waals surface area contributed by atoms with Gasteiger partial charge < -0.3 is 19.5 Å². The largest absolute Gasteiger partial charge is 0.494 e. The van der Waals surface area contributed by atoms with Gasteiger partial charge in [-0.15, -0.1) is 0 Å². The lowest BCUT2D eigenvalue weighted by Gasteiger charge is -2.15. The summed E-state index contributed by atoms with van der Waals surface area (Å²) < 4.78 is 15.5. The summed E-state index contributed by atoms with van der Waals surface area (Å²) in [5.74, 6) is 1.05. The van der Waals surface area contributed by atoms with Crippen LogP contribution < -0.4 is 14.8 Å². The van der Waals surface area contributed by atoms with Crippen molar-refractivity contribution in [3.63, 3.8) is 0 Å². The van der Waals surface area contributed by atoms with Gasteiger partial charge in [0.15, 0.2) is 0 Å². The summed E-state index contributed by atoms with van der Waals surface area (Å²) in [6.45, 7) is 2.73. The second-order valence-corrected chi connectivity index (χ2v) is 3.58. The Morgan fingerprint density at radius 1 is 1.33 bits per heavy atom. The Balaban J connectivity index is 2.56. The number of rotatable bonds is 7. The van der Waals surface area contributed by atoms with Gasteiger partial charge in [-0.3, -0.25) is 4.79 Å². The van der Waals surface area contributed by atoms with Crippen LogP contribution in [-0.4, -0.2) is 39.4 Å². The van der Waals surface area contributed by atoms with Gasteiger partial charge in [0.25, 0.3) is 0 Å². The monoisotopic (exact) mass is 253 g/mol. The normalized spacial score (nSPS) is 11.7. The van der Waals surface area contributed by atoms with Crippen molar-refractivity contribution in [2.45, 2.75) is 13.0 Å². The first-order valence-corrected chi connectivity index (χ1v) is 5.82. The Bertz CT molecular complexity index is 381. The number of methoxy groups -OCH3 is 1. The molecular weight excluding hydrogens is 234 g/mol. The molecule has 0 aliphatic rings. The molecule has 0 fully saturated rings. The van der Waals surface area contributed by atoms with Crippen molar-refractivity contribution in [2.24, 2.45) is 0 Å². The molecular formula is C13H19NO4. The highest BCUT2D eigenvalue weighted by Crippen LogP contribution is 2.19. The highest BCUT2D eigenvalue weighted by atomic mass is 16.5. The van der Waals surface area contributed by atoms with Crippen molar-refractivity contribution in [3.05, 3.63) is 24.3 Å². The molecule has 0 spiro atoms. The molecule has 0 heterocycles. The van der Waals surface area contributed by atoms with Gasteiger partial charge in [-0.25, -0.2) is 0 Å². The van der Waals surface area contributed by atoms with Crippen LogP contribution in [0, 0.1) is 0 Å². The number of nitrogens with one attached hydrogen (secondary N) is 1. The predicted molar refractivity (Wildman–Crippen MR) is 68.0 cm³/mol. The van der Waals surface area contributed by atoms with Crippen molar-refractivity contribution in [2.75, 3.05) is 27.4 Å². The van der Waals surface area contributed by atoms with E-state index in [1.165, 1.54) is 7.11 Å². The van der Waals surface area contributed by atoms with Gasteiger partial charge in [-0.1, -0.05) is 6.07 Å². The Morgan fingerprint density at radius 2 is 2.00 bits per heavy atom. The van der Waals surface area contributed by atoms with Crippen LogP contribution in [0.3, 0.4) is 0 Å². The van der Waals surface area contributed by atoms with Crippen molar-refractivity contribution >= 4 is 5.97 Å². The molecule has 1 N–H and O–H groups in total. The zero-order chi connectivity index (χ0) is 13.4. The molecule has 0 aliphatic heterocycles. The molecule has 1 aromatic carbocycles. The van der Waals surface area contributed by atoms with Crippen LogP contribution in [0.4, 0.5) is 0 Å². The van der Waals surface area contributed by atoms with E-state index >= 15 is 0 Å². The lowest BCUT2D eigenvalue weighted by Crippen LogP contribution is -2.40. The molecule has 0 saturated heterocycles. The van der Waals surface area contributed by atoms with E-state index in [-0.39, 0.29) is 12.6 Å². The van der Waals surface area contributed by atoms with Crippen LogP contribution in [0.1, 0.15) is 6.92 Å². The van der Waals surface area contributed by atoms with Gasteiger partial charge in [0.05, 0.1) is 13.7 Å². The van der Waals surface area contributed by atoms with Crippen molar-refractivity contribution in [1.82, 2.24) is 5.32 Å². The maximum Gasteiger partial charge on any atom is 0.326 e. The Labute approximate surface area is 107 Å². The third-order valence-electron chi connectivity index (χ3n) is 2.37. The average molecular weight is 253 g/mol. The first-order valence-electron chi connectivity index (χ1n) is 5.82. The number of carbonyl (C=O) groups excluding carboxylic acids is 1. The summed E-state index contributed by atoms with van der Waals surface area (Å²) in [7, 11) is 3.03. The minimum Gasteiger partial charge on any atom is -0.494 e. The van der Waals surface area contributed by atoms with Crippen LogP contribution in [0.15, 0.2) is 24.3 Å². The topological polar surface area (TPSA) is 56.8 Å². The summed E-state index contributed by atoms with van der Waals surface area (Å²) in [4.78, 5) is 11.3. The molecule has 0 aliphatic carbocycles. The van der Waals surface area contributed by atoms with Crippen molar-refractivity contribution < 1.29 is 19.0 Å². The summed E-state index contributed by atoms with van der Waals surface area (Å²) in [6.07, 6.45) is 0. The Kier molecular flexibility index (Phi) is 6.00. The molecule has 18 heavy (non-hydrogen) atoms. The zero-order valence-corrected chi connectivity index (χ0v) is 10.9. The van der Waals surface area contributed by atoms with Gasteiger partial charge in [0.2, 0.25) is 0 Å². The number of hydrogen-bond acceptors (Lipinski definition) is 5. The van der Waals surface area contributed by atoms with Gasteiger partial charge in [-0.2, -0.15) is 0 Å². The van der Waals surface area contributed by atoms with E-state index in [1.807, 2.05) is 25.1 Å². The second-order valence-electron chi connectivity index (χ2n) is 3.58. The van der Waals surface area contributed by atoms with Crippen LogP contribution in [0.25, 0.3) is 0 Å². The summed E-state index contributed by atoms with van der Waals surface area (Å²) >= 11 is 0. The maximum absolute atomic E-state index is 11.3. The average Bonchev–Trinajstić information content (AvgIpc) is 2.40. The molecule has 0 saturated carbocycles. The molecule has 5 heteroatoms. The number of esters is 1. The molecule has 0 radical (unpaired) electrons. The third kappa shape index (κ3) is 4.25. The van der Waals surface area contributed by atoms with Crippen LogP contribution in [0.5, 0.6) is 11.5 Å². The molecule has 1 atom stereocenters. The Morgan fingerprint density at radius 3 is 2.56 bits per heavy atom. The lowest BCUT2D eigenvalue weighted by molar-refractivity contribution is -0.143. The minimum atomic E-state index is -0.481. The number of ether oxygens (including phenoxy) is 3. The van der Waals surface area contributed by atoms with E-state index in [1.54, 1.807) is 13.1 Å². The molecule has 1 aromatic rings. The second kappa shape index (κ2) is 7.55. The van der Waals surface area contributed by atoms with Crippen LogP contribution in [-0.2, 0) is 9.53 Å². The first-order chi connectivity index (χ1) is 8.71. The predicted octanol–water partition coefficient (Wildman–Crippen LogP) is 1.23. The fourth-order valence-electron chi connectivity index (χ4n) is 1.41. The van der Waals surface area contributed by atoms with Gasteiger partial charge in [0.1, 0.15) is 24.1 Å². The molecule has 0 bridgehead atoms. The Hall–Kier alpha value is -1.75. The fraction of sp³-hybridized carbons (Fsp3) is 0.462. The molecule has 1 rings (SSSR count). The smallest absolute Gasteiger partial charge is 0.326 e. The standard InChI is InChI=1S/C13H19NO4/c1-4-17-10-6-5-7-11(8-10)18-9-12(14-2)13(15)16-3/h5-8,12,14H,4,9H2,1-3H3. The fourth-order valence-corrected chi connectivity index (χ4v) is 1.41. The number of likely N-dealkylation sites (N-methyl/N-ethyl adjacent to an activating group) is 1.